The first kappa shape index (κ1) is 24.9. The summed E-state index contributed by atoms with van der Waals surface area (Å²) in [6.07, 6.45) is -1.18. The molecule has 2 rings (SSSR count). The van der Waals surface area contributed by atoms with Crippen LogP contribution in [0, 0.1) is 0 Å². The van der Waals surface area contributed by atoms with Gasteiger partial charge in [0.15, 0.2) is 0 Å². The van der Waals surface area contributed by atoms with Gasteiger partial charge < -0.3 is 31.1 Å². The number of carboxylic acids is 1. The Morgan fingerprint density at radius 3 is 2.10 bits per heavy atom. The minimum Gasteiger partial charge on any atom is -0.508 e. The molecule has 6 N–H and O–H groups in total. The van der Waals surface area contributed by atoms with Crippen LogP contribution in [0.4, 0.5) is 4.79 Å². The number of aliphatic carboxylic acids is 1. The average Bonchev–Trinajstić information content (AvgIpc) is 2.68. The van der Waals surface area contributed by atoms with Crippen molar-refractivity contribution in [3.05, 3.63) is 65.7 Å². The van der Waals surface area contributed by atoms with Gasteiger partial charge in [0.25, 0.3) is 0 Å². The molecule has 8 nitrogen and oxygen atoms in total. The predicted octanol–water partition coefficient (Wildman–Crippen LogP) is 2.59. The third-order valence-corrected chi connectivity index (χ3v) is 3.77. The zero-order valence-corrected chi connectivity index (χ0v) is 17.4. The number of alkyl carbamates (subject to hydrolysis) is 1. The Hall–Kier alpha value is -3.10. The van der Waals surface area contributed by atoms with E-state index in [1.54, 1.807) is 32.9 Å². The van der Waals surface area contributed by atoms with E-state index in [4.69, 9.17) is 20.7 Å². The minimum absolute atomic E-state index is 0.0979. The van der Waals surface area contributed by atoms with Crippen LogP contribution in [0.5, 0.6) is 5.75 Å². The summed E-state index contributed by atoms with van der Waals surface area (Å²) in [7, 11) is 0. The number of amides is 1. The molecule has 0 fully saturated rings. The van der Waals surface area contributed by atoms with Gasteiger partial charge in [0, 0.05) is 13.0 Å². The number of aliphatic hydroxyl groups is 1. The van der Waals surface area contributed by atoms with Crippen molar-refractivity contribution >= 4 is 12.1 Å². The van der Waals surface area contributed by atoms with Crippen molar-refractivity contribution in [2.45, 2.75) is 44.9 Å². The van der Waals surface area contributed by atoms with Crippen molar-refractivity contribution in [1.29, 1.82) is 0 Å². The largest absolute Gasteiger partial charge is 0.508 e. The van der Waals surface area contributed by atoms with E-state index in [0.29, 0.717) is 5.56 Å². The summed E-state index contributed by atoms with van der Waals surface area (Å²) in [6.45, 7) is 5.37. The Bertz CT molecular complexity index is 788. The van der Waals surface area contributed by atoms with Gasteiger partial charge in [-0.1, -0.05) is 42.5 Å². The predicted molar refractivity (Wildman–Crippen MR) is 113 cm³/mol. The standard InChI is InChI=1S/C14H19NO5.C8H11NO/c1-14(2,3)20-13(19)15-11(12(17)18)8-9-4-6-10(16)7-5-9;9-6-8(10)7-4-2-1-3-5-7/h4-7,11,16H,8H2,1-3H3,(H,15,19)(H,17,18);1-5,8,10H,6,9H2/t11-;8-/m00/s1. The second-order valence-electron chi connectivity index (χ2n) is 7.57. The number of carbonyl (C=O) groups excluding carboxylic acids is 1. The van der Waals surface area contributed by atoms with Crippen molar-refractivity contribution in [2.75, 3.05) is 6.54 Å². The number of aliphatic hydroxyl groups excluding tert-OH is 1. The lowest BCUT2D eigenvalue weighted by Crippen LogP contribution is -2.44. The molecule has 0 bridgehead atoms. The van der Waals surface area contributed by atoms with E-state index in [-0.39, 0.29) is 18.7 Å². The molecule has 0 radical (unpaired) electrons. The van der Waals surface area contributed by atoms with E-state index in [1.807, 2.05) is 30.3 Å². The van der Waals surface area contributed by atoms with Crippen molar-refractivity contribution in [1.82, 2.24) is 5.32 Å². The molecule has 164 valence electrons. The Morgan fingerprint density at radius 2 is 1.63 bits per heavy atom. The first-order valence-electron chi connectivity index (χ1n) is 9.45. The highest BCUT2D eigenvalue weighted by Gasteiger charge is 2.24. The van der Waals surface area contributed by atoms with Crippen LogP contribution in [-0.4, -0.2) is 45.6 Å². The summed E-state index contributed by atoms with van der Waals surface area (Å²) in [5, 5.41) is 29.8. The van der Waals surface area contributed by atoms with Crippen molar-refractivity contribution < 1.29 is 29.6 Å². The number of carboxylic acid groups (broad SMARTS) is 1. The van der Waals surface area contributed by atoms with Gasteiger partial charge in [0.2, 0.25) is 0 Å². The monoisotopic (exact) mass is 418 g/mol. The van der Waals surface area contributed by atoms with Crippen LogP contribution < -0.4 is 11.1 Å². The van der Waals surface area contributed by atoms with Gasteiger partial charge in [0.1, 0.15) is 17.4 Å². The fraction of sp³-hybridized carbons (Fsp3) is 0.364. The van der Waals surface area contributed by atoms with Gasteiger partial charge in [-0.15, -0.1) is 0 Å². The maximum atomic E-state index is 11.6. The molecular weight excluding hydrogens is 388 g/mol. The smallest absolute Gasteiger partial charge is 0.408 e. The van der Waals surface area contributed by atoms with E-state index in [9.17, 15) is 14.7 Å². The third-order valence-electron chi connectivity index (χ3n) is 3.77. The van der Waals surface area contributed by atoms with E-state index < -0.39 is 29.8 Å². The number of phenolic OH excluding ortho intramolecular Hbond substituents is 1. The van der Waals surface area contributed by atoms with Crippen LogP contribution in [0.2, 0.25) is 0 Å². The molecule has 30 heavy (non-hydrogen) atoms. The second-order valence-corrected chi connectivity index (χ2v) is 7.57. The van der Waals surface area contributed by atoms with Gasteiger partial charge in [-0.2, -0.15) is 0 Å². The quantitative estimate of drug-likeness (QED) is 0.485. The number of hydrogen-bond donors (Lipinski definition) is 5. The van der Waals surface area contributed by atoms with Gasteiger partial charge in [-0.05, 0) is 44.0 Å². The number of carbonyl (C=O) groups is 2. The molecule has 0 spiro atoms. The van der Waals surface area contributed by atoms with E-state index in [0.717, 1.165) is 5.56 Å². The van der Waals surface area contributed by atoms with Crippen LogP contribution in [-0.2, 0) is 16.0 Å². The minimum atomic E-state index is -1.15. The molecular formula is C22H30N2O6. The molecule has 0 aliphatic carbocycles. The highest BCUT2D eigenvalue weighted by molar-refractivity contribution is 5.80. The summed E-state index contributed by atoms with van der Waals surface area (Å²) in [5.41, 5.74) is 6.13. The fourth-order valence-corrected chi connectivity index (χ4v) is 2.33. The maximum Gasteiger partial charge on any atom is 0.408 e. The Labute approximate surface area is 176 Å². The number of rotatable bonds is 6. The number of phenols is 1. The van der Waals surface area contributed by atoms with Gasteiger partial charge in [-0.3, -0.25) is 0 Å². The lowest BCUT2D eigenvalue weighted by Gasteiger charge is -2.22. The number of benzene rings is 2. The molecule has 0 saturated heterocycles. The van der Waals surface area contributed by atoms with Crippen molar-refractivity contribution in [3.8, 4) is 5.75 Å². The van der Waals surface area contributed by atoms with E-state index in [2.05, 4.69) is 5.32 Å². The molecule has 0 saturated carbocycles. The van der Waals surface area contributed by atoms with Crippen LogP contribution in [0.3, 0.4) is 0 Å². The van der Waals surface area contributed by atoms with Crippen LogP contribution >= 0.6 is 0 Å². The average molecular weight is 418 g/mol. The first-order valence-corrected chi connectivity index (χ1v) is 9.45. The highest BCUT2D eigenvalue weighted by Crippen LogP contribution is 2.12. The summed E-state index contributed by atoms with van der Waals surface area (Å²) < 4.78 is 5.02. The molecule has 0 heterocycles. The third kappa shape index (κ3) is 9.90. The van der Waals surface area contributed by atoms with Gasteiger partial charge in [-0.25, -0.2) is 9.59 Å². The number of aromatic hydroxyl groups is 1. The van der Waals surface area contributed by atoms with Crippen LogP contribution in [0.1, 0.15) is 38.0 Å². The summed E-state index contributed by atoms with van der Waals surface area (Å²) in [6, 6.07) is 14.4. The Morgan fingerprint density at radius 1 is 1.07 bits per heavy atom. The number of hydrogen-bond acceptors (Lipinski definition) is 6. The highest BCUT2D eigenvalue weighted by atomic mass is 16.6. The fourth-order valence-electron chi connectivity index (χ4n) is 2.33. The van der Waals surface area contributed by atoms with Crippen molar-refractivity contribution in [2.24, 2.45) is 5.73 Å². The lowest BCUT2D eigenvalue weighted by atomic mass is 10.1. The topological polar surface area (TPSA) is 142 Å². The van der Waals surface area contributed by atoms with Gasteiger partial charge in [0.05, 0.1) is 6.10 Å². The molecule has 0 unspecified atom stereocenters. The number of ether oxygens (including phenoxy) is 1. The molecule has 1 amide bonds. The zero-order valence-electron chi connectivity index (χ0n) is 17.4. The second kappa shape index (κ2) is 11.8. The SMILES string of the molecule is CC(C)(C)OC(=O)N[C@@H](Cc1ccc(O)cc1)C(=O)O.NC[C@H](O)c1ccccc1. The van der Waals surface area contributed by atoms with Crippen molar-refractivity contribution in [3.63, 3.8) is 0 Å². The summed E-state index contributed by atoms with van der Waals surface area (Å²) in [4.78, 5) is 22.7. The zero-order chi connectivity index (χ0) is 22.7. The maximum absolute atomic E-state index is 11.6. The van der Waals surface area contributed by atoms with Crippen LogP contribution in [0.25, 0.3) is 0 Å². The Kier molecular flexibility index (Phi) is 9.80. The van der Waals surface area contributed by atoms with Crippen LogP contribution in [0.15, 0.2) is 54.6 Å². The first-order chi connectivity index (χ1) is 14.0. The number of nitrogens with one attached hydrogen (secondary N) is 1. The number of nitrogens with two attached hydrogens (primary N) is 1. The van der Waals surface area contributed by atoms with Gasteiger partial charge >= 0.3 is 12.1 Å². The normalized spacial score (nSPS) is 12.7. The molecule has 2 aromatic rings. The molecule has 0 aliphatic heterocycles. The molecule has 8 heteroatoms. The van der Waals surface area contributed by atoms with E-state index >= 15 is 0 Å². The Balaban J connectivity index is 0.000000375. The molecule has 2 atom stereocenters. The lowest BCUT2D eigenvalue weighted by molar-refractivity contribution is -0.139. The molecule has 0 aromatic heterocycles. The summed E-state index contributed by atoms with van der Waals surface area (Å²) >= 11 is 0. The molecule has 0 aliphatic rings. The molecule has 2 aromatic carbocycles. The van der Waals surface area contributed by atoms with E-state index in [1.165, 1.54) is 12.1 Å². The summed E-state index contributed by atoms with van der Waals surface area (Å²) in [5.74, 6) is -1.05.